The molecule has 2 heterocycles. The highest BCUT2D eigenvalue weighted by Crippen LogP contribution is 2.36. The third-order valence-corrected chi connectivity index (χ3v) is 6.20. The maximum atomic E-state index is 5.17. The summed E-state index contributed by atoms with van der Waals surface area (Å²) in [7, 11) is 0. The number of nitrogens with zero attached hydrogens (tertiary/aromatic N) is 4. The zero-order chi connectivity index (χ0) is 21.8. The fourth-order valence-electron chi connectivity index (χ4n) is 5.03. The Bertz CT molecular complexity index is 873. The average Bonchev–Trinajstić information content (AvgIpc) is 3.11. The van der Waals surface area contributed by atoms with Crippen molar-refractivity contribution in [2.75, 3.05) is 22.9 Å². The Morgan fingerprint density at radius 1 is 1.07 bits per heavy atom. The van der Waals surface area contributed by atoms with Crippen LogP contribution in [0.4, 0.5) is 17.5 Å². The van der Waals surface area contributed by atoms with E-state index in [0.29, 0.717) is 12.6 Å². The minimum absolute atomic E-state index is 0.569. The maximum Gasteiger partial charge on any atom is 0.232 e. The lowest BCUT2D eigenvalue weighted by molar-refractivity contribution is 0.511. The molecule has 0 fully saturated rings. The molecule has 1 aromatic heterocycles. The van der Waals surface area contributed by atoms with Gasteiger partial charge in [0.05, 0.1) is 5.69 Å². The van der Waals surface area contributed by atoms with E-state index in [1.165, 1.54) is 53.6 Å². The van der Waals surface area contributed by atoms with Crippen molar-refractivity contribution in [3.63, 3.8) is 0 Å². The number of benzene rings is 1. The van der Waals surface area contributed by atoms with E-state index in [0.717, 1.165) is 30.4 Å². The van der Waals surface area contributed by atoms with Crippen molar-refractivity contribution in [2.45, 2.75) is 79.7 Å². The van der Waals surface area contributed by atoms with Crippen molar-refractivity contribution in [1.82, 2.24) is 9.97 Å². The second-order valence-corrected chi connectivity index (χ2v) is 8.73. The van der Waals surface area contributed by atoms with E-state index >= 15 is 0 Å². The molecule has 0 spiro atoms. The van der Waals surface area contributed by atoms with E-state index in [1.54, 1.807) is 0 Å². The van der Waals surface area contributed by atoms with Crippen LogP contribution in [0.2, 0.25) is 0 Å². The summed E-state index contributed by atoms with van der Waals surface area (Å²) in [5.41, 5.74) is 7.42. The van der Waals surface area contributed by atoms with Crippen molar-refractivity contribution in [1.29, 1.82) is 0 Å². The van der Waals surface area contributed by atoms with Crippen molar-refractivity contribution in [3.8, 4) is 0 Å². The normalized spacial score (nSPS) is 13.1. The highest BCUT2D eigenvalue weighted by Gasteiger charge is 2.30. The molecule has 1 aliphatic rings. The molecule has 0 saturated carbocycles. The summed E-state index contributed by atoms with van der Waals surface area (Å²) < 4.78 is 0. The van der Waals surface area contributed by atoms with Gasteiger partial charge in [0.2, 0.25) is 5.95 Å². The second kappa shape index (κ2) is 9.63. The number of aryl methyl sites for hydroxylation is 4. The Morgan fingerprint density at radius 3 is 2.27 bits per heavy atom. The van der Waals surface area contributed by atoms with Gasteiger partial charge < -0.3 is 9.80 Å². The Kier molecular flexibility index (Phi) is 7.17. The number of fused-ring (bicyclic) bond motifs is 1. The minimum atomic E-state index is 0.569. The van der Waals surface area contributed by atoms with E-state index in [-0.39, 0.29) is 0 Å². The van der Waals surface area contributed by atoms with Gasteiger partial charge >= 0.3 is 0 Å². The largest absolute Gasteiger partial charge is 0.353 e. The summed E-state index contributed by atoms with van der Waals surface area (Å²) in [5.74, 6) is 1.95. The van der Waals surface area contributed by atoms with Crippen LogP contribution in [-0.4, -0.2) is 29.1 Å². The molecule has 1 aromatic carbocycles. The van der Waals surface area contributed by atoms with Gasteiger partial charge in [-0.15, -0.1) is 6.58 Å². The molecule has 0 amide bonds. The van der Waals surface area contributed by atoms with E-state index in [9.17, 15) is 0 Å². The summed E-state index contributed by atoms with van der Waals surface area (Å²) in [5, 5.41) is 0. The fourth-order valence-corrected chi connectivity index (χ4v) is 5.03. The number of rotatable bonds is 9. The van der Waals surface area contributed by atoms with Crippen LogP contribution < -0.4 is 9.80 Å². The van der Waals surface area contributed by atoms with Crippen LogP contribution in [0, 0.1) is 27.7 Å². The molecule has 2 aromatic rings. The molecule has 4 nitrogen and oxygen atoms in total. The molecular weight excluding hydrogens is 368 g/mol. The van der Waals surface area contributed by atoms with Gasteiger partial charge in [-0.3, -0.25) is 0 Å². The summed E-state index contributed by atoms with van der Waals surface area (Å²) in [6, 6.07) is 5.05. The lowest BCUT2D eigenvalue weighted by atomic mass is 10.0. The lowest BCUT2D eigenvalue weighted by Crippen LogP contribution is -2.34. The summed E-state index contributed by atoms with van der Waals surface area (Å²) in [6.07, 6.45) is 7.85. The van der Waals surface area contributed by atoms with Gasteiger partial charge in [-0.05, 0) is 58.1 Å². The summed E-state index contributed by atoms with van der Waals surface area (Å²) in [6.45, 7) is 19.0. The summed E-state index contributed by atoms with van der Waals surface area (Å²) >= 11 is 0. The van der Waals surface area contributed by atoms with Gasteiger partial charge in [0.25, 0.3) is 0 Å². The zero-order valence-electron chi connectivity index (χ0n) is 19.8. The van der Waals surface area contributed by atoms with Gasteiger partial charge in [0.15, 0.2) is 0 Å². The van der Waals surface area contributed by atoms with Crippen LogP contribution in [0.15, 0.2) is 24.8 Å². The third kappa shape index (κ3) is 4.38. The van der Waals surface area contributed by atoms with Crippen LogP contribution in [0.1, 0.15) is 67.5 Å². The van der Waals surface area contributed by atoms with Crippen LogP contribution >= 0.6 is 0 Å². The van der Waals surface area contributed by atoms with Crippen LogP contribution in [-0.2, 0) is 6.42 Å². The lowest BCUT2D eigenvalue weighted by Gasteiger charge is -2.31. The molecule has 0 radical (unpaired) electrons. The van der Waals surface area contributed by atoms with E-state index in [1.807, 2.05) is 6.08 Å². The highest BCUT2D eigenvalue weighted by atomic mass is 15.3. The van der Waals surface area contributed by atoms with Crippen LogP contribution in [0.5, 0.6) is 0 Å². The smallest absolute Gasteiger partial charge is 0.232 e. The van der Waals surface area contributed by atoms with E-state index < -0.39 is 0 Å². The molecule has 0 aliphatic carbocycles. The number of hydrogen-bond donors (Lipinski definition) is 0. The fraction of sp³-hybridized carbons (Fsp3) is 0.538. The zero-order valence-corrected chi connectivity index (χ0v) is 19.8. The molecule has 0 atom stereocenters. The number of hydrogen-bond acceptors (Lipinski definition) is 4. The molecule has 0 unspecified atom stereocenters. The van der Waals surface area contributed by atoms with Gasteiger partial charge in [-0.2, -0.15) is 4.98 Å². The Balaban J connectivity index is 2.09. The molecule has 0 saturated heterocycles. The van der Waals surface area contributed by atoms with E-state index in [2.05, 4.69) is 70.1 Å². The monoisotopic (exact) mass is 406 g/mol. The van der Waals surface area contributed by atoms with Crippen molar-refractivity contribution in [2.24, 2.45) is 0 Å². The Labute approximate surface area is 183 Å². The predicted molar refractivity (Wildman–Crippen MR) is 129 cm³/mol. The SMILES string of the molecule is C=CCN(c1nc(C)c2c(n1)N(C(CCC)CCC)CC2)c1c(C)cc(C)cc1C. The average molecular weight is 407 g/mol. The molecule has 1 aliphatic heterocycles. The Morgan fingerprint density at radius 2 is 1.70 bits per heavy atom. The van der Waals surface area contributed by atoms with Gasteiger partial charge in [0.1, 0.15) is 5.82 Å². The summed E-state index contributed by atoms with van der Waals surface area (Å²) in [4.78, 5) is 14.9. The van der Waals surface area contributed by atoms with Gasteiger partial charge in [-0.1, -0.05) is 50.5 Å². The first-order valence-corrected chi connectivity index (χ1v) is 11.5. The second-order valence-electron chi connectivity index (χ2n) is 8.73. The number of anilines is 3. The molecule has 30 heavy (non-hydrogen) atoms. The molecular formula is C26H38N4. The molecule has 0 bridgehead atoms. The van der Waals surface area contributed by atoms with Gasteiger partial charge in [0, 0.05) is 30.4 Å². The topological polar surface area (TPSA) is 32.3 Å². The number of aromatic nitrogens is 2. The van der Waals surface area contributed by atoms with Crippen LogP contribution in [0.25, 0.3) is 0 Å². The standard InChI is InChI=1S/C26H38N4/c1-8-11-22(12-9-2)29-15-13-23-21(7)27-26(28-25(23)29)30(14-10-3)24-19(5)16-18(4)17-20(24)6/h10,16-17,22H,3,8-9,11-15H2,1-2,4-7H3. The molecule has 0 N–H and O–H groups in total. The van der Waals surface area contributed by atoms with Gasteiger partial charge in [-0.25, -0.2) is 4.98 Å². The predicted octanol–water partition coefficient (Wildman–Crippen LogP) is 6.37. The maximum absolute atomic E-state index is 5.17. The molecule has 162 valence electrons. The van der Waals surface area contributed by atoms with Crippen molar-refractivity contribution < 1.29 is 0 Å². The first-order chi connectivity index (χ1) is 14.4. The van der Waals surface area contributed by atoms with Crippen LogP contribution in [0.3, 0.4) is 0 Å². The first kappa shape index (κ1) is 22.3. The minimum Gasteiger partial charge on any atom is -0.353 e. The van der Waals surface area contributed by atoms with E-state index in [4.69, 9.17) is 9.97 Å². The highest BCUT2D eigenvalue weighted by molar-refractivity contribution is 5.69. The molecule has 3 rings (SSSR count). The van der Waals surface area contributed by atoms with Crippen molar-refractivity contribution in [3.05, 3.63) is 52.7 Å². The van der Waals surface area contributed by atoms with Crippen molar-refractivity contribution >= 4 is 17.5 Å². The third-order valence-electron chi connectivity index (χ3n) is 6.20. The quantitative estimate of drug-likeness (QED) is 0.453. The Hall–Kier alpha value is -2.36. The first-order valence-electron chi connectivity index (χ1n) is 11.5. The molecule has 4 heteroatoms.